The van der Waals surface area contributed by atoms with Crippen molar-refractivity contribution in [3.05, 3.63) is 47.4 Å². The number of nitrogens with zero attached hydrogens (tertiary/aromatic N) is 2. The number of furan rings is 1. The van der Waals surface area contributed by atoms with Gasteiger partial charge in [0.1, 0.15) is 18.1 Å². The number of urea groups is 1. The lowest BCUT2D eigenvalue weighted by molar-refractivity contribution is -0.132. The molecule has 0 aliphatic carbocycles. The Morgan fingerprint density at radius 3 is 2.25 bits per heavy atom. The van der Waals surface area contributed by atoms with E-state index in [0.717, 1.165) is 17.7 Å². The summed E-state index contributed by atoms with van der Waals surface area (Å²) < 4.78 is 16.5. The van der Waals surface area contributed by atoms with Crippen LogP contribution in [-0.4, -0.2) is 61.1 Å². The topological polar surface area (TPSA) is 84.2 Å². The second-order valence-electron chi connectivity index (χ2n) is 10.6. The first kappa shape index (κ1) is 29.1. The number of amides is 3. The summed E-state index contributed by atoms with van der Waals surface area (Å²) >= 11 is 0. The number of ether oxygens (including phenoxy) is 2. The quantitative estimate of drug-likeness (QED) is 0.441. The van der Waals surface area contributed by atoms with Gasteiger partial charge in [-0.1, -0.05) is 19.9 Å². The predicted octanol–water partition coefficient (Wildman–Crippen LogP) is 5.03. The molecule has 0 aliphatic heterocycles. The average molecular weight is 502 g/mol. The van der Waals surface area contributed by atoms with Crippen molar-refractivity contribution in [1.29, 1.82) is 0 Å². The van der Waals surface area contributed by atoms with Crippen molar-refractivity contribution in [2.75, 3.05) is 33.9 Å². The minimum Gasteiger partial charge on any atom is -0.493 e. The Kier molecular flexibility index (Phi) is 10.7. The molecule has 8 heteroatoms. The van der Waals surface area contributed by atoms with E-state index in [1.807, 2.05) is 58.0 Å². The highest BCUT2D eigenvalue weighted by molar-refractivity contribution is 5.84. The van der Waals surface area contributed by atoms with Crippen molar-refractivity contribution in [3.8, 4) is 11.5 Å². The third kappa shape index (κ3) is 9.47. The van der Waals surface area contributed by atoms with Gasteiger partial charge >= 0.3 is 6.03 Å². The molecule has 8 nitrogen and oxygen atoms in total. The smallest absolute Gasteiger partial charge is 0.318 e. The van der Waals surface area contributed by atoms with E-state index in [9.17, 15) is 9.59 Å². The fraction of sp³-hybridized carbons (Fsp3) is 0.571. The van der Waals surface area contributed by atoms with Crippen LogP contribution in [0.15, 0.2) is 34.7 Å². The molecule has 0 radical (unpaired) electrons. The lowest BCUT2D eigenvalue weighted by atomic mass is 10.1. The Hall–Kier alpha value is -3.16. The van der Waals surface area contributed by atoms with E-state index in [4.69, 9.17) is 13.9 Å². The van der Waals surface area contributed by atoms with Crippen LogP contribution in [0.2, 0.25) is 0 Å². The number of hydrogen-bond acceptors (Lipinski definition) is 5. The Morgan fingerprint density at radius 2 is 1.69 bits per heavy atom. The molecule has 36 heavy (non-hydrogen) atoms. The molecule has 0 bridgehead atoms. The maximum absolute atomic E-state index is 13.5. The number of carbonyl (C=O) groups is 2. The summed E-state index contributed by atoms with van der Waals surface area (Å²) in [5, 5.41) is 2.99. The molecule has 0 aliphatic rings. The Bertz CT molecular complexity index is 993. The minimum absolute atomic E-state index is 0.000256. The third-order valence-corrected chi connectivity index (χ3v) is 5.69. The van der Waals surface area contributed by atoms with E-state index in [2.05, 4.69) is 19.2 Å². The lowest BCUT2D eigenvalue weighted by Gasteiger charge is -2.31. The number of methoxy groups -OCH3 is 2. The summed E-state index contributed by atoms with van der Waals surface area (Å²) in [4.78, 5) is 29.9. The van der Waals surface area contributed by atoms with E-state index in [0.29, 0.717) is 49.2 Å². The molecule has 1 aromatic heterocycles. The van der Waals surface area contributed by atoms with E-state index in [-0.39, 0.29) is 18.5 Å². The highest BCUT2D eigenvalue weighted by Gasteiger charge is 2.25. The van der Waals surface area contributed by atoms with Gasteiger partial charge in [-0.2, -0.15) is 0 Å². The Morgan fingerprint density at radius 1 is 1.00 bits per heavy atom. The van der Waals surface area contributed by atoms with Crippen molar-refractivity contribution in [1.82, 2.24) is 15.1 Å². The van der Waals surface area contributed by atoms with Crippen LogP contribution >= 0.6 is 0 Å². The van der Waals surface area contributed by atoms with Crippen LogP contribution in [0.25, 0.3) is 0 Å². The van der Waals surface area contributed by atoms with Crippen LogP contribution < -0.4 is 14.8 Å². The van der Waals surface area contributed by atoms with Gasteiger partial charge in [0.15, 0.2) is 11.5 Å². The van der Waals surface area contributed by atoms with Crippen LogP contribution in [0.1, 0.15) is 58.1 Å². The number of nitrogens with one attached hydrogen (secondary N) is 1. The van der Waals surface area contributed by atoms with Gasteiger partial charge < -0.3 is 29.0 Å². The minimum atomic E-state index is -0.394. The molecule has 0 saturated heterocycles. The van der Waals surface area contributed by atoms with Crippen LogP contribution in [0.4, 0.5) is 4.79 Å². The van der Waals surface area contributed by atoms with E-state index < -0.39 is 5.54 Å². The van der Waals surface area contributed by atoms with Gasteiger partial charge in [0.25, 0.3) is 0 Å². The van der Waals surface area contributed by atoms with E-state index in [1.165, 1.54) is 0 Å². The first-order chi connectivity index (χ1) is 16.9. The van der Waals surface area contributed by atoms with Gasteiger partial charge in [0, 0.05) is 18.6 Å². The van der Waals surface area contributed by atoms with E-state index in [1.54, 1.807) is 24.0 Å². The zero-order valence-electron chi connectivity index (χ0n) is 23.1. The molecule has 0 atom stereocenters. The van der Waals surface area contributed by atoms with Crippen molar-refractivity contribution in [3.63, 3.8) is 0 Å². The van der Waals surface area contributed by atoms with Gasteiger partial charge in [-0.15, -0.1) is 0 Å². The lowest BCUT2D eigenvalue weighted by Crippen LogP contribution is -2.52. The summed E-state index contributed by atoms with van der Waals surface area (Å²) in [5.41, 5.74) is 0.623. The van der Waals surface area contributed by atoms with Gasteiger partial charge in [0.05, 0.1) is 20.8 Å². The van der Waals surface area contributed by atoms with Crippen LogP contribution in [0, 0.1) is 12.8 Å². The molecule has 2 rings (SSSR count). The average Bonchev–Trinajstić information content (AvgIpc) is 3.22. The van der Waals surface area contributed by atoms with Gasteiger partial charge in [-0.05, 0) is 76.3 Å². The van der Waals surface area contributed by atoms with Crippen molar-refractivity contribution in [2.45, 2.75) is 66.5 Å². The van der Waals surface area contributed by atoms with Crippen LogP contribution in [-0.2, 0) is 17.8 Å². The van der Waals surface area contributed by atoms with Crippen LogP contribution in [0.5, 0.6) is 11.5 Å². The van der Waals surface area contributed by atoms with Crippen molar-refractivity contribution in [2.24, 2.45) is 5.92 Å². The molecule has 1 aromatic carbocycles. The fourth-order valence-electron chi connectivity index (χ4n) is 3.68. The summed E-state index contributed by atoms with van der Waals surface area (Å²) in [6, 6.07) is 9.29. The van der Waals surface area contributed by atoms with Crippen LogP contribution in [0.3, 0.4) is 0 Å². The Labute approximate surface area is 215 Å². The zero-order valence-corrected chi connectivity index (χ0v) is 23.1. The van der Waals surface area contributed by atoms with Crippen molar-refractivity contribution >= 4 is 11.9 Å². The monoisotopic (exact) mass is 501 g/mol. The summed E-state index contributed by atoms with van der Waals surface area (Å²) in [6.07, 6.45) is 1.43. The van der Waals surface area contributed by atoms with Gasteiger partial charge in [-0.3, -0.25) is 4.79 Å². The summed E-state index contributed by atoms with van der Waals surface area (Å²) in [7, 11) is 3.20. The number of benzene rings is 1. The zero-order chi connectivity index (χ0) is 26.9. The van der Waals surface area contributed by atoms with Crippen molar-refractivity contribution < 1.29 is 23.5 Å². The summed E-state index contributed by atoms with van der Waals surface area (Å²) in [6.45, 7) is 13.2. The SMILES string of the molecule is COc1ccc(CCN(Cc2ccc(C)o2)C(=O)CN(CCC(C)C)C(=O)NC(C)(C)C)cc1OC. The molecular formula is C28H43N3O5. The molecule has 0 saturated carbocycles. The number of aryl methyl sites for hydroxylation is 1. The number of rotatable bonds is 12. The highest BCUT2D eigenvalue weighted by atomic mass is 16.5. The molecule has 0 fully saturated rings. The summed E-state index contributed by atoms with van der Waals surface area (Å²) in [5.74, 6) is 3.09. The second kappa shape index (κ2) is 13.2. The highest BCUT2D eigenvalue weighted by Crippen LogP contribution is 2.28. The normalized spacial score (nSPS) is 11.4. The van der Waals surface area contributed by atoms with Gasteiger partial charge in [-0.25, -0.2) is 4.79 Å². The second-order valence-corrected chi connectivity index (χ2v) is 10.6. The molecule has 1 N–H and O–H groups in total. The number of carbonyl (C=O) groups excluding carboxylic acids is 2. The Balaban J connectivity index is 2.21. The molecule has 0 unspecified atom stereocenters. The number of hydrogen-bond donors (Lipinski definition) is 1. The standard InChI is InChI=1S/C28H43N3O5/c1-20(2)13-15-31(27(33)29-28(4,5)6)19-26(32)30(18-23-11-9-21(3)36-23)16-14-22-10-12-24(34-7)25(17-22)35-8/h9-12,17,20H,13-16,18-19H2,1-8H3,(H,29,33). The first-order valence-corrected chi connectivity index (χ1v) is 12.5. The molecule has 2 aromatic rings. The third-order valence-electron chi connectivity index (χ3n) is 5.69. The van der Waals surface area contributed by atoms with Gasteiger partial charge in [0.2, 0.25) is 5.91 Å². The first-order valence-electron chi connectivity index (χ1n) is 12.5. The molecule has 200 valence electrons. The molecular weight excluding hydrogens is 458 g/mol. The molecule has 3 amide bonds. The maximum Gasteiger partial charge on any atom is 0.318 e. The maximum atomic E-state index is 13.5. The predicted molar refractivity (Wildman–Crippen MR) is 141 cm³/mol. The molecule has 0 spiro atoms. The largest absolute Gasteiger partial charge is 0.493 e. The molecule has 1 heterocycles. The van der Waals surface area contributed by atoms with E-state index >= 15 is 0 Å². The fourth-order valence-corrected chi connectivity index (χ4v) is 3.68.